The first kappa shape index (κ1) is 17.0. The molecular weight excluding hydrogens is 266 g/mol. The molecule has 1 aromatic rings. The van der Waals surface area contributed by atoms with Crippen LogP contribution in [0.15, 0.2) is 24.3 Å². The normalized spacial score (nSPS) is 12.6. The molecule has 0 aliphatic heterocycles. The van der Waals surface area contributed by atoms with E-state index in [9.17, 15) is 9.59 Å². The lowest BCUT2D eigenvalue weighted by atomic mass is 10.0. The molecule has 0 heterocycles. The predicted octanol–water partition coefficient (Wildman–Crippen LogP) is 2.93. The third-order valence-electron chi connectivity index (χ3n) is 3.16. The van der Waals surface area contributed by atoms with Gasteiger partial charge in [-0.1, -0.05) is 37.6 Å². The van der Waals surface area contributed by atoms with Gasteiger partial charge >= 0.3 is 5.97 Å². The van der Waals surface area contributed by atoms with Crippen LogP contribution in [0.4, 0.5) is 0 Å². The van der Waals surface area contributed by atoms with Crippen molar-refractivity contribution in [2.45, 2.75) is 40.2 Å². The van der Waals surface area contributed by atoms with Gasteiger partial charge in [0.1, 0.15) is 6.04 Å². The Morgan fingerprint density at radius 3 is 2.48 bits per heavy atom. The Morgan fingerprint density at radius 1 is 1.29 bits per heavy atom. The minimum absolute atomic E-state index is 0.203. The molecule has 0 aromatic heterocycles. The van der Waals surface area contributed by atoms with Crippen molar-refractivity contribution in [2.24, 2.45) is 5.92 Å². The number of benzene rings is 1. The molecule has 4 nitrogen and oxygen atoms in total. The van der Waals surface area contributed by atoms with Crippen LogP contribution in [0.3, 0.4) is 0 Å². The summed E-state index contributed by atoms with van der Waals surface area (Å²) < 4.78 is 0. The molecule has 0 bridgehead atoms. The molecule has 1 atom stereocenters. The average molecular weight is 289 g/mol. The first-order chi connectivity index (χ1) is 9.79. The Hall–Kier alpha value is -2.10. The summed E-state index contributed by atoms with van der Waals surface area (Å²) in [6.07, 6.45) is 3.50. The molecule has 0 fully saturated rings. The van der Waals surface area contributed by atoms with Crippen molar-refractivity contribution in [3.05, 3.63) is 41.0 Å². The van der Waals surface area contributed by atoms with E-state index in [0.29, 0.717) is 6.42 Å². The van der Waals surface area contributed by atoms with Crippen LogP contribution in [-0.4, -0.2) is 23.0 Å². The Bertz CT molecular complexity index is 547. The lowest BCUT2D eigenvalue weighted by Gasteiger charge is -2.15. The van der Waals surface area contributed by atoms with Crippen LogP contribution in [0.2, 0.25) is 0 Å². The molecule has 0 radical (unpaired) electrons. The number of carboxylic acid groups (broad SMARTS) is 1. The molecule has 0 unspecified atom stereocenters. The highest BCUT2D eigenvalue weighted by Crippen LogP contribution is 2.12. The Balaban J connectivity index is 2.71. The number of hydrogen-bond acceptors (Lipinski definition) is 2. The molecule has 21 heavy (non-hydrogen) atoms. The first-order valence-corrected chi connectivity index (χ1v) is 7.08. The van der Waals surface area contributed by atoms with E-state index in [1.807, 2.05) is 45.9 Å². The second-order valence-electron chi connectivity index (χ2n) is 5.72. The van der Waals surface area contributed by atoms with Crippen molar-refractivity contribution < 1.29 is 14.7 Å². The number of carbonyl (C=O) groups excluding carboxylic acids is 1. The fraction of sp³-hybridized carbons (Fsp3) is 0.412. The lowest BCUT2D eigenvalue weighted by molar-refractivity contribution is -0.141. The van der Waals surface area contributed by atoms with Gasteiger partial charge in [-0.3, -0.25) is 4.79 Å². The summed E-state index contributed by atoms with van der Waals surface area (Å²) >= 11 is 0. The smallest absolute Gasteiger partial charge is 0.326 e. The molecule has 1 rings (SSSR count). The van der Waals surface area contributed by atoms with Crippen LogP contribution in [-0.2, 0) is 9.59 Å². The second kappa shape index (κ2) is 7.62. The van der Waals surface area contributed by atoms with Gasteiger partial charge in [-0.15, -0.1) is 0 Å². The number of aliphatic carboxylic acids is 1. The SMILES string of the molecule is Cc1ccc(/C=C/C(=O)N[C@@H](CC(C)C)C(=O)O)c(C)c1. The number of rotatable bonds is 6. The van der Waals surface area contributed by atoms with Crippen molar-refractivity contribution in [3.8, 4) is 0 Å². The number of aryl methyl sites for hydroxylation is 2. The van der Waals surface area contributed by atoms with Crippen LogP contribution < -0.4 is 5.32 Å². The van der Waals surface area contributed by atoms with E-state index < -0.39 is 12.0 Å². The van der Waals surface area contributed by atoms with Gasteiger partial charge < -0.3 is 10.4 Å². The minimum Gasteiger partial charge on any atom is -0.480 e. The maximum atomic E-state index is 11.8. The number of nitrogens with one attached hydrogen (secondary N) is 1. The van der Waals surface area contributed by atoms with Crippen LogP contribution in [0.25, 0.3) is 6.08 Å². The van der Waals surface area contributed by atoms with Crippen LogP contribution >= 0.6 is 0 Å². The summed E-state index contributed by atoms with van der Waals surface area (Å²) in [7, 11) is 0. The summed E-state index contributed by atoms with van der Waals surface area (Å²) in [4.78, 5) is 22.9. The zero-order valence-corrected chi connectivity index (χ0v) is 13.0. The van der Waals surface area contributed by atoms with E-state index in [0.717, 1.165) is 16.7 Å². The van der Waals surface area contributed by atoms with Gasteiger partial charge in [0, 0.05) is 6.08 Å². The van der Waals surface area contributed by atoms with Gasteiger partial charge in [-0.2, -0.15) is 0 Å². The maximum absolute atomic E-state index is 11.8. The van der Waals surface area contributed by atoms with Crippen LogP contribution in [0.5, 0.6) is 0 Å². The molecular formula is C17H23NO3. The molecule has 0 aliphatic carbocycles. The van der Waals surface area contributed by atoms with Crippen molar-refractivity contribution in [3.63, 3.8) is 0 Å². The monoisotopic (exact) mass is 289 g/mol. The van der Waals surface area contributed by atoms with E-state index in [2.05, 4.69) is 5.32 Å². The minimum atomic E-state index is -1.00. The fourth-order valence-corrected chi connectivity index (χ4v) is 2.09. The highest BCUT2D eigenvalue weighted by atomic mass is 16.4. The van der Waals surface area contributed by atoms with E-state index in [1.54, 1.807) is 6.08 Å². The van der Waals surface area contributed by atoms with Crippen molar-refractivity contribution in [1.82, 2.24) is 5.32 Å². The summed E-state index contributed by atoms with van der Waals surface area (Å²) in [5.74, 6) is -1.19. The number of amides is 1. The molecule has 114 valence electrons. The topological polar surface area (TPSA) is 66.4 Å². The van der Waals surface area contributed by atoms with Crippen LogP contribution in [0, 0.1) is 19.8 Å². The third-order valence-corrected chi connectivity index (χ3v) is 3.16. The van der Waals surface area contributed by atoms with Crippen molar-refractivity contribution >= 4 is 18.0 Å². The summed E-state index contributed by atoms with van der Waals surface area (Å²) in [6, 6.07) is 5.11. The highest BCUT2D eigenvalue weighted by Gasteiger charge is 2.19. The second-order valence-corrected chi connectivity index (χ2v) is 5.72. The molecule has 0 saturated heterocycles. The van der Waals surface area contributed by atoms with E-state index >= 15 is 0 Å². The number of carbonyl (C=O) groups is 2. The molecule has 1 aromatic carbocycles. The van der Waals surface area contributed by atoms with E-state index in [-0.39, 0.29) is 11.8 Å². The number of carboxylic acids is 1. The van der Waals surface area contributed by atoms with Gasteiger partial charge in [0.25, 0.3) is 0 Å². The van der Waals surface area contributed by atoms with Gasteiger partial charge in [0.15, 0.2) is 0 Å². The lowest BCUT2D eigenvalue weighted by Crippen LogP contribution is -2.40. The Kier molecular flexibility index (Phi) is 6.15. The Morgan fingerprint density at radius 2 is 1.95 bits per heavy atom. The summed E-state index contributed by atoms with van der Waals surface area (Å²) in [5, 5.41) is 11.6. The highest BCUT2D eigenvalue weighted by molar-refractivity contribution is 5.94. The molecule has 2 N–H and O–H groups in total. The summed E-state index contributed by atoms with van der Waals surface area (Å²) in [6.45, 7) is 7.83. The standard InChI is InChI=1S/C17H23NO3/c1-11(2)9-15(17(20)21)18-16(19)8-7-14-6-5-12(3)10-13(14)4/h5-8,10-11,15H,9H2,1-4H3,(H,18,19)(H,20,21)/b8-7+/t15-/m0/s1. The van der Waals surface area contributed by atoms with Crippen molar-refractivity contribution in [1.29, 1.82) is 0 Å². The number of hydrogen-bond donors (Lipinski definition) is 2. The van der Waals surface area contributed by atoms with Gasteiger partial charge in [0.2, 0.25) is 5.91 Å². The third kappa shape index (κ3) is 5.81. The van der Waals surface area contributed by atoms with E-state index in [1.165, 1.54) is 6.08 Å². The first-order valence-electron chi connectivity index (χ1n) is 7.08. The van der Waals surface area contributed by atoms with Gasteiger partial charge in [0.05, 0.1) is 0 Å². The van der Waals surface area contributed by atoms with E-state index in [4.69, 9.17) is 5.11 Å². The average Bonchev–Trinajstić information content (AvgIpc) is 2.36. The van der Waals surface area contributed by atoms with Gasteiger partial charge in [-0.25, -0.2) is 4.79 Å². The van der Waals surface area contributed by atoms with Gasteiger partial charge in [-0.05, 0) is 43.4 Å². The molecule has 0 spiro atoms. The predicted molar refractivity (Wildman–Crippen MR) is 84.0 cm³/mol. The molecule has 0 saturated carbocycles. The Labute approximate surface area is 125 Å². The summed E-state index contributed by atoms with van der Waals surface area (Å²) in [5.41, 5.74) is 3.19. The maximum Gasteiger partial charge on any atom is 0.326 e. The van der Waals surface area contributed by atoms with Crippen LogP contribution in [0.1, 0.15) is 37.0 Å². The quantitative estimate of drug-likeness (QED) is 0.791. The zero-order valence-electron chi connectivity index (χ0n) is 13.0. The molecule has 4 heteroatoms. The zero-order chi connectivity index (χ0) is 16.0. The molecule has 1 amide bonds. The largest absolute Gasteiger partial charge is 0.480 e. The van der Waals surface area contributed by atoms with Crippen molar-refractivity contribution in [2.75, 3.05) is 0 Å². The fourth-order valence-electron chi connectivity index (χ4n) is 2.09. The molecule has 0 aliphatic rings.